The van der Waals surface area contributed by atoms with Crippen LogP contribution < -0.4 is 14.8 Å². The van der Waals surface area contributed by atoms with Crippen LogP contribution in [0.25, 0.3) is 0 Å². The van der Waals surface area contributed by atoms with Crippen LogP contribution in [0.5, 0.6) is 5.75 Å². The summed E-state index contributed by atoms with van der Waals surface area (Å²) in [5.74, 6) is -1.18. The molecule has 3 aromatic rings. The Morgan fingerprint density at radius 2 is 1.71 bits per heavy atom. The Morgan fingerprint density at radius 3 is 2.34 bits per heavy atom. The summed E-state index contributed by atoms with van der Waals surface area (Å²) in [5.41, 5.74) is 2.41. The second kappa shape index (κ2) is 13.3. The van der Waals surface area contributed by atoms with E-state index >= 15 is 0 Å². The van der Waals surface area contributed by atoms with Crippen molar-refractivity contribution in [3.05, 3.63) is 95.0 Å². The number of halogens is 1. The molecule has 1 amide bonds. The van der Waals surface area contributed by atoms with E-state index in [-0.39, 0.29) is 29.9 Å². The number of ether oxygens (including phenoxy) is 2. The van der Waals surface area contributed by atoms with Gasteiger partial charge in [0.15, 0.2) is 0 Å². The minimum Gasteiger partial charge on any atom is -0.497 e. The number of sulfonamides is 1. The fourth-order valence-corrected chi connectivity index (χ4v) is 5.16. The van der Waals surface area contributed by atoms with Crippen molar-refractivity contribution in [1.29, 1.82) is 0 Å². The maximum absolute atomic E-state index is 13.4. The Labute approximate surface area is 242 Å². The highest BCUT2D eigenvalue weighted by Crippen LogP contribution is 2.29. The zero-order valence-electron chi connectivity index (χ0n) is 22.3. The van der Waals surface area contributed by atoms with Crippen LogP contribution in [0.2, 0.25) is 5.02 Å². The second-order valence-corrected chi connectivity index (χ2v) is 10.9. The number of carbonyl (C=O) groups is 2. The molecule has 1 atom stereocenters. The molecular weight excluding hydrogens is 570 g/mol. The van der Waals surface area contributed by atoms with E-state index in [1.165, 1.54) is 43.5 Å². The van der Waals surface area contributed by atoms with Gasteiger partial charge in [-0.2, -0.15) is 5.10 Å². The molecule has 13 heteroatoms. The lowest BCUT2D eigenvalue weighted by Crippen LogP contribution is -2.42. The molecular formula is C28H28ClN5O6S. The van der Waals surface area contributed by atoms with E-state index in [4.69, 9.17) is 21.4 Å². The summed E-state index contributed by atoms with van der Waals surface area (Å²) >= 11 is 6.11. The van der Waals surface area contributed by atoms with Gasteiger partial charge < -0.3 is 14.8 Å². The minimum atomic E-state index is -4.14. The number of amides is 1. The number of aliphatic imine (C=N–C) groups is 1. The van der Waals surface area contributed by atoms with Crippen LogP contribution in [0.3, 0.4) is 0 Å². The molecule has 1 heterocycles. The monoisotopic (exact) mass is 597 g/mol. The summed E-state index contributed by atoms with van der Waals surface area (Å²) in [6, 6.07) is 22.6. The molecule has 1 aliphatic rings. The van der Waals surface area contributed by atoms with Gasteiger partial charge in [0.05, 0.1) is 31.4 Å². The van der Waals surface area contributed by atoms with E-state index in [1.54, 1.807) is 12.1 Å². The third-order valence-corrected chi connectivity index (χ3v) is 7.72. The third-order valence-electron chi connectivity index (χ3n) is 6.13. The van der Waals surface area contributed by atoms with Gasteiger partial charge in [0.25, 0.3) is 10.0 Å². The van der Waals surface area contributed by atoms with Gasteiger partial charge in [-0.15, -0.1) is 0 Å². The van der Waals surface area contributed by atoms with Crippen molar-refractivity contribution in [2.24, 2.45) is 10.1 Å². The number of hydrogen-bond acceptors (Lipinski definition) is 8. The summed E-state index contributed by atoms with van der Waals surface area (Å²) in [4.78, 5) is 28.0. The molecule has 4 rings (SSSR count). The van der Waals surface area contributed by atoms with Gasteiger partial charge in [-0.25, -0.2) is 23.1 Å². The highest BCUT2D eigenvalue weighted by atomic mass is 35.5. The van der Waals surface area contributed by atoms with Crippen LogP contribution in [0, 0.1) is 0 Å². The second-order valence-electron chi connectivity index (χ2n) is 8.81. The molecule has 3 aromatic carbocycles. The van der Waals surface area contributed by atoms with Crippen molar-refractivity contribution in [1.82, 2.24) is 15.0 Å². The van der Waals surface area contributed by atoms with Crippen molar-refractivity contribution in [3.8, 4) is 5.75 Å². The number of guanidine groups is 1. The summed E-state index contributed by atoms with van der Waals surface area (Å²) in [5, 5.41) is 9.10. The van der Waals surface area contributed by atoms with E-state index < -0.39 is 28.4 Å². The predicted molar refractivity (Wildman–Crippen MR) is 155 cm³/mol. The normalized spacial score (nSPS) is 15.2. The molecule has 0 saturated carbocycles. The number of esters is 1. The summed E-state index contributed by atoms with van der Waals surface area (Å²) in [6.45, 7) is -0.595. The molecule has 0 aromatic heterocycles. The SMILES string of the molecule is COC(=O)CNC(=O)CN=C(NS(=O)(=O)c1ccc(OC)cc1)N1CC(c2ccccc2)C(c2ccc(Cl)cc2)=N1. The van der Waals surface area contributed by atoms with E-state index in [0.29, 0.717) is 16.5 Å². The summed E-state index contributed by atoms with van der Waals surface area (Å²) in [6.07, 6.45) is 0. The highest BCUT2D eigenvalue weighted by Gasteiger charge is 2.33. The summed E-state index contributed by atoms with van der Waals surface area (Å²) in [7, 11) is -1.46. The maximum Gasteiger partial charge on any atom is 0.325 e. The molecule has 0 fully saturated rings. The Balaban J connectivity index is 1.69. The van der Waals surface area contributed by atoms with Crippen LogP contribution in [0.4, 0.5) is 0 Å². The smallest absolute Gasteiger partial charge is 0.325 e. The number of rotatable bonds is 9. The van der Waals surface area contributed by atoms with Gasteiger partial charge in [0.1, 0.15) is 18.8 Å². The first-order valence-corrected chi connectivity index (χ1v) is 14.3. The number of nitrogens with zero attached hydrogens (tertiary/aromatic N) is 3. The molecule has 0 spiro atoms. The first kappa shape index (κ1) is 29.6. The standard InChI is InChI=1S/C28H28ClN5O6S/c1-39-22-12-14-23(15-13-22)41(37,38)33-28(31-16-25(35)30-17-26(36)40-2)34-18-24(19-6-4-3-5-7-19)27(32-34)20-8-10-21(29)11-9-20/h3-15,24H,16-18H2,1-2H3,(H,30,35)(H,31,33). The average molecular weight is 598 g/mol. The van der Waals surface area contributed by atoms with Crippen molar-refractivity contribution in [2.45, 2.75) is 10.8 Å². The third kappa shape index (κ3) is 7.62. The quantitative estimate of drug-likeness (QED) is 0.220. The number of hydrogen-bond donors (Lipinski definition) is 2. The Morgan fingerprint density at radius 1 is 1.02 bits per heavy atom. The lowest BCUT2D eigenvalue weighted by Gasteiger charge is -2.20. The largest absolute Gasteiger partial charge is 0.497 e. The van der Waals surface area contributed by atoms with Crippen molar-refractivity contribution >= 4 is 45.2 Å². The average Bonchev–Trinajstić information content (AvgIpc) is 3.44. The van der Waals surface area contributed by atoms with E-state index in [2.05, 4.69) is 19.8 Å². The van der Waals surface area contributed by atoms with E-state index in [1.807, 2.05) is 42.5 Å². The van der Waals surface area contributed by atoms with Crippen LogP contribution in [-0.4, -0.2) is 70.8 Å². The van der Waals surface area contributed by atoms with Gasteiger partial charge >= 0.3 is 5.97 Å². The highest BCUT2D eigenvalue weighted by molar-refractivity contribution is 7.90. The molecule has 1 aliphatic heterocycles. The van der Waals surface area contributed by atoms with Crippen molar-refractivity contribution in [3.63, 3.8) is 0 Å². The van der Waals surface area contributed by atoms with Crippen molar-refractivity contribution < 1.29 is 27.5 Å². The van der Waals surface area contributed by atoms with Crippen LogP contribution >= 0.6 is 11.6 Å². The first-order valence-electron chi connectivity index (χ1n) is 12.4. The van der Waals surface area contributed by atoms with Gasteiger partial charge in [0.2, 0.25) is 11.9 Å². The lowest BCUT2D eigenvalue weighted by atomic mass is 9.91. The van der Waals surface area contributed by atoms with Crippen LogP contribution in [-0.2, 0) is 24.3 Å². The van der Waals surface area contributed by atoms with E-state index in [9.17, 15) is 18.0 Å². The molecule has 214 valence electrons. The van der Waals surface area contributed by atoms with Crippen LogP contribution in [0.1, 0.15) is 17.0 Å². The fourth-order valence-electron chi connectivity index (χ4n) is 4.01. The van der Waals surface area contributed by atoms with Crippen LogP contribution in [0.15, 0.2) is 93.9 Å². The zero-order valence-corrected chi connectivity index (χ0v) is 23.9. The molecule has 41 heavy (non-hydrogen) atoms. The topological polar surface area (TPSA) is 139 Å². The van der Waals surface area contributed by atoms with Gasteiger partial charge in [0, 0.05) is 10.9 Å². The van der Waals surface area contributed by atoms with E-state index in [0.717, 1.165) is 11.1 Å². The number of methoxy groups -OCH3 is 2. The lowest BCUT2D eigenvalue weighted by molar-refractivity contribution is -0.141. The van der Waals surface area contributed by atoms with Crippen molar-refractivity contribution in [2.75, 3.05) is 33.9 Å². The van der Waals surface area contributed by atoms with Gasteiger partial charge in [-0.05, 0) is 47.5 Å². The number of benzene rings is 3. The fraction of sp³-hybridized carbons (Fsp3) is 0.214. The summed E-state index contributed by atoms with van der Waals surface area (Å²) < 4.78 is 38.8. The Bertz CT molecular complexity index is 1550. The Hall–Kier alpha value is -4.42. The minimum absolute atomic E-state index is 0.0400. The molecule has 0 aliphatic carbocycles. The molecule has 0 saturated heterocycles. The molecule has 1 unspecified atom stereocenters. The van der Waals surface area contributed by atoms with Gasteiger partial charge in [-0.1, -0.05) is 54.1 Å². The van der Waals surface area contributed by atoms with Gasteiger partial charge in [-0.3, -0.25) is 9.59 Å². The molecule has 0 radical (unpaired) electrons. The predicted octanol–water partition coefficient (Wildman–Crippen LogP) is 2.78. The molecule has 2 N–H and O–H groups in total. The zero-order chi connectivity index (χ0) is 29.4. The molecule has 0 bridgehead atoms. The number of carbonyl (C=O) groups excluding carboxylic acids is 2. The number of hydrazone groups is 1. The maximum atomic E-state index is 13.4. The first-order chi connectivity index (χ1) is 19.7. The Kier molecular flexibility index (Phi) is 9.58. The number of nitrogens with one attached hydrogen (secondary N) is 2. The molecule has 11 nitrogen and oxygen atoms in total.